The number of nitrogens with zero attached hydrogens (tertiary/aromatic N) is 1. The van der Waals surface area contributed by atoms with Crippen molar-refractivity contribution in [1.29, 1.82) is 0 Å². The molecule has 1 saturated heterocycles. The van der Waals surface area contributed by atoms with Gasteiger partial charge in [-0.25, -0.2) is 0 Å². The summed E-state index contributed by atoms with van der Waals surface area (Å²) in [6.45, 7) is 4.88. The molecular weight excluding hydrogens is 256 g/mol. The molecule has 1 saturated carbocycles. The number of rotatable bonds is 6. The SMILES string of the molecule is CCCNC1(C(=O)O)CCC(N2CCCC(OC)C2)C1. The monoisotopic (exact) mass is 284 g/mol. The average Bonchev–Trinajstić information content (AvgIpc) is 2.91. The zero-order valence-electron chi connectivity index (χ0n) is 12.7. The smallest absolute Gasteiger partial charge is 0.323 e. The summed E-state index contributed by atoms with van der Waals surface area (Å²) in [5.41, 5.74) is -0.708. The summed E-state index contributed by atoms with van der Waals surface area (Å²) in [6.07, 6.45) is 5.98. The van der Waals surface area contributed by atoms with Crippen LogP contribution in [0.5, 0.6) is 0 Å². The zero-order chi connectivity index (χ0) is 14.6. The van der Waals surface area contributed by atoms with Crippen molar-refractivity contribution in [2.24, 2.45) is 0 Å². The molecule has 0 spiro atoms. The van der Waals surface area contributed by atoms with E-state index in [1.54, 1.807) is 7.11 Å². The quantitative estimate of drug-likeness (QED) is 0.773. The Hall–Kier alpha value is -0.650. The van der Waals surface area contributed by atoms with E-state index in [1.165, 1.54) is 0 Å². The largest absolute Gasteiger partial charge is 0.480 e. The van der Waals surface area contributed by atoms with Gasteiger partial charge in [0.05, 0.1) is 6.10 Å². The number of aliphatic carboxylic acids is 1. The van der Waals surface area contributed by atoms with E-state index in [-0.39, 0.29) is 0 Å². The Morgan fingerprint density at radius 1 is 1.50 bits per heavy atom. The molecule has 0 aromatic rings. The molecule has 1 aliphatic carbocycles. The van der Waals surface area contributed by atoms with Crippen LogP contribution in [0.2, 0.25) is 0 Å². The first-order valence-electron chi connectivity index (χ1n) is 7.86. The molecule has 3 unspecified atom stereocenters. The van der Waals surface area contributed by atoms with E-state index in [2.05, 4.69) is 17.1 Å². The molecule has 2 aliphatic rings. The van der Waals surface area contributed by atoms with Gasteiger partial charge in [-0.15, -0.1) is 0 Å². The van der Waals surface area contributed by atoms with Crippen molar-refractivity contribution in [2.45, 2.75) is 63.1 Å². The normalized spacial score (nSPS) is 35.3. The molecule has 0 amide bonds. The third-order valence-electron chi connectivity index (χ3n) is 4.87. The summed E-state index contributed by atoms with van der Waals surface area (Å²) in [6, 6.07) is 0.383. The minimum absolute atomic E-state index is 0.312. The molecule has 0 aromatic carbocycles. The zero-order valence-corrected chi connectivity index (χ0v) is 12.7. The fourth-order valence-corrected chi connectivity index (χ4v) is 3.62. The molecule has 5 nitrogen and oxygen atoms in total. The number of nitrogens with one attached hydrogen (secondary N) is 1. The minimum Gasteiger partial charge on any atom is -0.480 e. The standard InChI is InChI=1S/C15H28N2O3/c1-3-8-16-15(14(18)19)7-6-12(10-15)17-9-4-5-13(11-17)20-2/h12-13,16H,3-11H2,1-2H3,(H,18,19). The molecular formula is C15H28N2O3. The van der Waals surface area contributed by atoms with Gasteiger partial charge in [0.25, 0.3) is 0 Å². The van der Waals surface area contributed by atoms with Crippen molar-refractivity contribution in [2.75, 3.05) is 26.7 Å². The Kier molecular flexibility index (Phi) is 5.41. The first-order chi connectivity index (χ1) is 9.61. The molecule has 2 fully saturated rings. The molecule has 0 radical (unpaired) electrons. The Bertz CT molecular complexity index is 337. The molecule has 2 rings (SSSR count). The highest BCUT2D eigenvalue weighted by Gasteiger charge is 2.47. The maximum atomic E-state index is 11.7. The summed E-state index contributed by atoms with van der Waals surface area (Å²) in [7, 11) is 1.77. The van der Waals surface area contributed by atoms with Gasteiger partial charge in [0.2, 0.25) is 0 Å². The lowest BCUT2D eigenvalue weighted by molar-refractivity contribution is -0.144. The van der Waals surface area contributed by atoms with Gasteiger partial charge in [0.1, 0.15) is 5.54 Å². The Morgan fingerprint density at radius 2 is 2.30 bits per heavy atom. The Labute approximate surface area is 121 Å². The first kappa shape index (κ1) is 15.7. The number of ether oxygens (including phenoxy) is 1. The minimum atomic E-state index is -0.708. The number of likely N-dealkylation sites (tertiary alicyclic amines) is 1. The van der Waals surface area contributed by atoms with Crippen LogP contribution in [-0.4, -0.2) is 60.4 Å². The second kappa shape index (κ2) is 6.87. The molecule has 0 bridgehead atoms. The van der Waals surface area contributed by atoms with Crippen LogP contribution in [0.25, 0.3) is 0 Å². The number of carboxylic acids is 1. The van der Waals surface area contributed by atoms with Gasteiger partial charge in [0, 0.05) is 19.7 Å². The van der Waals surface area contributed by atoms with Crippen LogP contribution >= 0.6 is 0 Å². The predicted molar refractivity (Wildman–Crippen MR) is 77.9 cm³/mol. The lowest BCUT2D eigenvalue weighted by Crippen LogP contribution is -2.52. The Balaban J connectivity index is 1.97. The lowest BCUT2D eigenvalue weighted by Gasteiger charge is -2.37. The molecule has 3 atom stereocenters. The topological polar surface area (TPSA) is 61.8 Å². The third kappa shape index (κ3) is 3.32. The van der Waals surface area contributed by atoms with Crippen LogP contribution in [0.15, 0.2) is 0 Å². The molecule has 2 N–H and O–H groups in total. The summed E-state index contributed by atoms with van der Waals surface area (Å²) in [5, 5.41) is 12.9. The summed E-state index contributed by atoms with van der Waals surface area (Å²) in [4.78, 5) is 14.1. The fourth-order valence-electron chi connectivity index (χ4n) is 3.62. The highest BCUT2D eigenvalue weighted by Crippen LogP contribution is 2.35. The van der Waals surface area contributed by atoms with E-state index in [9.17, 15) is 9.90 Å². The van der Waals surface area contributed by atoms with Gasteiger partial charge in [0.15, 0.2) is 0 Å². The van der Waals surface area contributed by atoms with E-state index < -0.39 is 11.5 Å². The fraction of sp³-hybridized carbons (Fsp3) is 0.933. The second-order valence-electron chi connectivity index (χ2n) is 6.21. The number of hydrogen-bond donors (Lipinski definition) is 2. The van der Waals surface area contributed by atoms with Gasteiger partial charge in [-0.2, -0.15) is 0 Å². The molecule has 1 heterocycles. The third-order valence-corrected chi connectivity index (χ3v) is 4.87. The number of carboxylic acid groups (broad SMARTS) is 1. The van der Waals surface area contributed by atoms with Crippen molar-refractivity contribution in [1.82, 2.24) is 10.2 Å². The van der Waals surface area contributed by atoms with E-state index in [0.29, 0.717) is 12.1 Å². The Morgan fingerprint density at radius 3 is 2.95 bits per heavy atom. The highest BCUT2D eigenvalue weighted by molar-refractivity contribution is 5.79. The van der Waals surface area contributed by atoms with Crippen LogP contribution in [-0.2, 0) is 9.53 Å². The predicted octanol–water partition coefficient (Wildman–Crippen LogP) is 1.47. The van der Waals surface area contributed by atoms with E-state index >= 15 is 0 Å². The maximum absolute atomic E-state index is 11.7. The van der Waals surface area contributed by atoms with Crippen LogP contribution in [0.3, 0.4) is 0 Å². The van der Waals surface area contributed by atoms with Crippen LogP contribution < -0.4 is 5.32 Å². The number of piperidine rings is 1. The summed E-state index contributed by atoms with van der Waals surface area (Å²) >= 11 is 0. The lowest BCUT2D eigenvalue weighted by atomic mass is 9.96. The van der Waals surface area contributed by atoms with Gasteiger partial charge in [-0.3, -0.25) is 9.69 Å². The van der Waals surface area contributed by atoms with E-state index in [0.717, 1.165) is 58.2 Å². The second-order valence-corrected chi connectivity index (χ2v) is 6.21. The van der Waals surface area contributed by atoms with Crippen molar-refractivity contribution >= 4 is 5.97 Å². The van der Waals surface area contributed by atoms with Gasteiger partial charge in [-0.05, 0) is 51.6 Å². The molecule has 1 aliphatic heterocycles. The molecule has 5 heteroatoms. The van der Waals surface area contributed by atoms with Crippen LogP contribution in [0, 0.1) is 0 Å². The number of hydrogen-bond acceptors (Lipinski definition) is 4. The summed E-state index contributed by atoms with van der Waals surface area (Å²) in [5.74, 6) is -0.686. The number of carbonyl (C=O) groups is 1. The van der Waals surface area contributed by atoms with E-state index in [1.807, 2.05) is 0 Å². The highest BCUT2D eigenvalue weighted by atomic mass is 16.5. The molecule has 20 heavy (non-hydrogen) atoms. The molecule has 0 aromatic heterocycles. The van der Waals surface area contributed by atoms with Crippen molar-refractivity contribution in [3.05, 3.63) is 0 Å². The van der Waals surface area contributed by atoms with Gasteiger partial charge in [-0.1, -0.05) is 6.92 Å². The maximum Gasteiger partial charge on any atom is 0.323 e. The van der Waals surface area contributed by atoms with E-state index in [4.69, 9.17) is 4.74 Å². The first-order valence-corrected chi connectivity index (χ1v) is 7.86. The van der Waals surface area contributed by atoms with Crippen LogP contribution in [0.1, 0.15) is 45.4 Å². The van der Waals surface area contributed by atoms with Crippen molar-refractivity contribution in [3.63, 3.8) is 0 Å². The van der Waals surface area contributed by atoms with Gasteiger partial charge < -0.3 is 15.2 Å². The van der Waals surface area contributed by atoms with Gasteiger partial charge >= 0.3 is 5.97 Å². The number of methoxy groups -OCH3 is 1. The van der Waals surface area contributed by atoms with Crippen molar-refractivity contribution in [3.8, 4) is 0 Å². The average molecular weight is 284 g/mol. The van der Waals surface area contributed by atoms with Crippen LogP contribution in [0.4, 0.5) is 0 Å². The summed E-state index contributed by atoms with van der Waals surface area (Å²) < 4.78 is 5.47. The van der Waals surface area contributed by atoms with Crippen molar-refractivity contribution < 1.29 is 14.6 Å². The molecule has 116 valence electrons.